The van der Waals surface area contributed by atoms with Crippen LogP contribution in [0.2, 0.25) is 10.0 Å². The number of carbonyl (C=O) groups excluding carboxylic acids is 2. The van der Waals surface area contributed by atoms with Crippen molar-refractivity contribution in [2.45, 2.75) is 6.92 Å². The molecule has 0 fully saturated rings. The van der Waals surface area contributed by atoms with Crippen molar-refractivity contribution < 1.29 is 19.1 Å². The molecule has 0 spiro atoms. The van der Waals surface area contributed by atoms with Crippen molar-refractivity contribution in [2.24, 2.45) is 0 Å². The lowest BCUT2D eigenvalue weighted by molar-refractivity contribution is -0.118. The molecule has 24 heavy (non-hydrogen) atoms. The molecule has 0 radical (unpaired) electrons. The first kappa shape index (κ1) is 18.1. The number of esters is 1. The number of benzene rings is 2. The zero-order valence-corrected chi connectivity index (χ0v) is 14.6. The molecule has 1 N–H and O–H groups in total. The molecule has 2 rings (SSSR count). The first-order valence-corrected chi connectivity index (χ1v) is 7.73. The summed E-state index contributed by atoms with van der Waals surface area (Å²) in [6.07, 6.45) is 0. The summed E-state index contributed by atoms with van der Waals surface area (Å²) in [6, 6.07) is 9.57. The molecule has 2 aromatic carbocycles. The van der Waals surface area contributed by atoms with Crippen LogP contribution in [0.1, 0.15) is 15.9 Å². The Kier molecular flexibility index (Phi) is 6.06. The molecule has 0 saturated carbocycles. The number of hydrogen-bond acceptors (Lipinski definition) is 4. The lowest BCUT2D eigenvalue weighted by atomic mass is 10.2. The maximum atomic E-state index is 12.0. The molecule has 0 atom stereocenters. The van der Waals surface area contributed by atoms with E-state index in [4.69, 9.17) is 27.9 Å². The molecule has 0 bridgehead atoms. The van der Waals surface area contributed by atoms with Crippen LogP contribution in [0.4, 0.5) is 5.69 Å². The number of amides is 1. The first-order valence-electron chi connectivity index (χ1n) is 6.97. The second kappa shape index (κ2) is 8.04. The van der Waals surface area contributed by atoms with Crippen molar-refractivity contribution in [3.05, 3.63) is 57.6 Å². The summed E-state index contributed by atoms with van der Waals surface area (Å²) in [6.45, 7) is 1.63. The van der Waals surface area contributed by atoms with Gasteiger partial charge in [0.1, 0.15) is 5.75 Å². The number of nitrogens with one attached hydrogen (secondary N) is 1. The van der Waals surface area contributed by atoms with Crippen molar-refractivity contribution in [1.82, 2.24) is 0 Å². The molecule has 0 aliphatic carbocycles. The van der Waals surface area contributed by atoms with Gasteiger partial charge in [0.2, 0.25) is 0 Å². The molecule has 1 amide bonds. The maximum absolute atomic E-state index is 12.0. The van der Waals surface area contributed by atoms with E-state index in [1.807, 2.05) is 6.92 Å². The van der Waals surface area contributed by atoms with E-state index in [-0.39, 0.29) is 12.2 Å². The normalized spacial score (nSPS) is 10.2. The van der Waals surface area contributed by atoms with Gasteiger partial charge in [0, 0.05) is 5.02 Å². The van der Waals surface area contributed by atoms with E-state index in [1.165, 1.54) is 25.3 Å². The van der Waals surface area contributed by atoms with Gasteiger partial charge in [-0.15, -0.1) is 0 Å². The zero-order chi connectivity index (χ0) is 17.7. The molecule has 0 saturated heterocycles. The Morgan fingerprint density at radius 1 is 1.08 bits per heavy atom. The molecule has 0 aliphatic rings. The summed E-state index contributed by atoms with van der Waals surface area (Å²) >= 11 is 12.0. The molecular weight excluding hydrogens is 353 g/mol. The number of ether oxygens (including phenoxy) is 2. The molecule has 2 aromatic rings. The van der Waals surface area contributed by atoms with Gasteiger partial charge in [-0.3, -0.25) is 4.79 Å². The van der Waals surface area contributed by atoms with Crippen LogP contribution in [0, 0.1) is 6.92 Å². The topological polar surface area (TPSA) is 64.6 Å². The highest BCUT2D eigenvalue weighted by atomic mass is 35.5. The lowest BCUT2D eigenvalue weighted by Gasteiger charge is -2.10. The van der Waals surface area contributed by atoms with Crippen molar-refractivity contribution >= 4 is 40.8 Å². The summed E-state index contributed by atoms with van der Waals surface area (Å²) in [5.41, 5.74) is 1.44. The predicted octanol–water partition coefficient (Wildman–Crippen LogP) is 4.11. The Balaban J connectivity index is 2.01. The Morgan fingerprint density at radius 3 is 2.46 bits per heavy atom. The molecule has 0 aliphatic heterocycles. The highest BCUT2D eigenvalue weighted by Gasteiger charge is 2.12. The minimum Gasteiger partial charge on any atom is -0.484 e. The average Bonchev–Trinajstić information content (AvgIpc) is 2.57. The monoisotopic (exact) mass is 367 g/mol. The van der Waals surface area contributed by atoms with Crippen molar-refractivity contribution in [1.29, 1.82) is 0 Å². The van der Waals surface area contributed by atoms with Crippen LogP contribution in [-0.4, -0.2) is 25.6 Å². The van der Waals surface area contributed by atoms with E-state index in [2.05, 4.69) is 10.1 Å². The van der Waals surface area contributed by atoms with Crippen LogP contribution in [0.3, 0.4) is 0 Å². The Hall–Kier alpha value is -2.24. The summed E-state index contributed by atoms with van der Waals surface area (Å²) in [7, 11) is 1.27. The zero-order valence-electron chi connectivity index (χ0n) is 13.1. The van der Waals surface area contributed by atoms with E-state index in [9.17, 15) is 9.59 Å². The van der Waals surface area contributed by atoms with Crippen LogP contribution in [-0.2, 0) is 9.53 Å². The van der Waals surface area contributed by atoms with Gasteiger partial charge in [-0.05, 0) is 48.9 Å². The van der Waals surface area contributed by atoms with Gasteiger partial charge in [0.15, 0.2) is 6.61 Å². The number of anilines is 1. The summed E-state index contributed by atoms with van der Waals surface area (Å²) in [4.78, 5) is 23.5. The summed E-state index contributed by atoms with van der Waals surface area (Å²) < 4.78 is 10.0. The molecule has 5 nitrogen and oxygen atoms in total. The van der Waals surface area contributed by atoms with Gasteiger partial charge < -0.3 is 14.8 Å². The Morgan fingerprint density at radius 2 is 1.79 bits per heavy atom. The van der Waals surface area contributed by atoms with Crippen molar-refractivity contribution in [3.63, 3.8) is 0 Å². The minimum atomic E-state index is -0.518. The largest absolute Gasteiger partial charge is 0.484 e. The predicted molar refractivity (Wildman–Crippen MR) is 93.1 cm³/mol. The number of hydrogen-bond donors (Lipinski definition) is 1. The van der Waals surface area contributed by atoms with Gasteiger partial charge in [0.25, 0.3) is 5.91 Å². The molecule has 0 aromatic heterocycles. The maximum Gasteiger partial charge on any atom is 0.337 e. The van der Waals surface area contributed by atoms with E-state index in [0.29, 0.717) is 21.5 Å². The third kappa shape index (κ3) is 4.63. The van der Waals surface area contributed by atoms with E-state index in [0.717, 1.165) is 5.56 Å². The number of halogens is 2. The number of methoxy groups -OCH3 is 1. The second-order valence-electron chi connectivity index (χ2n) is 4.93. The number of aryl methyl sites for hydroxylation is 1. The second-order valence-corrected chi connectivity index (χ2v) is 5.75. The summed E-state index contributed by atoms with van der Waals surface area (Å²) in [5.74, 6) is -0.400. The van der Waals surface area contributed by atoms with Gasteiger partial charge in [-0.1, -0.05) is 23.2 Å². The molecular formula is C17H15Cl2NO4. The van der Waals surface area contributed by atoms with E-state index in [1.54, 1.807) is 18.2 Å². The quantitative estimate of drug-likeness (QED) is 0.807. The van der Waals surface area contributed by atoms with Gasteiger partial charge in [-0.25, -0.2) is 4.79 Å². The lowest BCUT2D eigenvalue weighted by Crippen LogP contribution is -2.20. The fourth-order valence-electron chi connectivity index (χ4n) is 1.91. The fourth-order valence-corrected chi connectivity index (χ4v) is 2.19. The summed E-state index contributed by atoms with van der Waals surface area (Å²) in [5, 5.41) is 3.52. The standard InChI is InChI=1S/C17H15Cl2NO4/c1-10-7-12(4-6-13(10)18)24-9-16(21)20-15-8-11(17(22)23-2)3-5-14(15)19/h3-8H,9H2,1-2H3,(H,20,21). The fraction of sp³-hybridized carbons (Fsp3) is 0.176. The number of carbonyl (C=O) groups is 2. The van der Waals surface area contributed by atoms with Gasteiger partial charge >= 0.3 is 5.97 Å². The molecule has 0 heterocycles. The van der Waals surface area contributed by atoms with Crippen LogP contribution >= 0.6 is 23.2 Å². The number of rotatable bonds is 5. The Labute approximate surface area is 149 Å². The van der Waals surface area contributed by atoms with Gasteiger partial charge in [-0.2, -0.15) is 0 Å². The van der Waals surface area contributed by atoms with Crippen LogP contribution in [0.15, 0.2) is 36.4 Å². The average molecular weight is 368 g/mol. The van der Waals surface area contributed by atoms with Crippen molar-refractivity contribution in [3.8, 4) is 5.75 Å². The smallest absolute Gasteiger partial charge is 0.337 e. The van der Waals surface area contributed by atoms with E-state index >= 15 is 0 Å². The van der Waals surface area contributed by atoms with Crippen LogP contribution in [0.5, 0.6) is 5.75 Å². The highest BCUT2D eigenvalue weighted by molar-refractivity contribution is 6.34. The van der Waals surface area contributed by atoms with Gasteiger partial charge in [0.05, 0.1) is 23.4 Å². The Bertz CT molecular complexity index is 777. The van der Waals surface area contributed by atoms with Crippen LogP contribution in [0.25, 0.3) is 0 Å². The molecule has 126 valence electrons. The van der Waals surface area contributed by atoms with Crippen LogP contribution < -0.4 is 10.1 Å². The first-order chi connectivity index (χ1) is 11.4. The SMILES string of the molecule is COC(=O)c1ccc(Cl)c(NC(=O)COc2ccc(Cl)c(C)c2)c1. The minimum absolute atomic E-state index is 0.208. The third-order valence-electron chi connectivity index (χ3n) is 3.16. The van der Waals surface area contributed by atoms with Crippen molar-refractivity contribution in [2.75, 3.05) is 19.0 Å². The van der Waals surface area contributed by atoms with E-state index < -0.39 is 11.9 Å². The molecule has 0 unspecified atom stereocenters. The third-order valence-corrected chi connectivity index (χ3v) is 3.91. The molecule has 7 heteroatoms. The highest BCUT2D eigenvalue weighted by Crippen LogP contribution is 2.24.